The van der Waals surface area contributed by atoms with Crippen LogP contribution in [0.25, 0.3) is 0 Å². The van der Waals surface area contributed by atoms with Crippen LogP contribution in [0.1, 0.15) is 12.0 Å². The normalized spacial score (nSPS) is 18.6. The fourth-order valence-corrected chi connectivity index (χ4v) is 2.29. The molecular weight excluding hydrogens is 240 g/mol. The van der Waals surface area contributed by atoms with Gasteiger partial charge in [-0.05, 0) is 24.1 Å². The summed E-state index contributed by atoms with van der Waals surface area (Å²) in [6.07, 6.45) is 4.45. The Hall–Kier alpha value is -1.88. The Labute approximate surface area is 112 Å². The maximum atomic E-state index is 5.38. The average molecular weight is 258 g/mol. The lowest BCUT2D eigenvalue weighted by Crippen LogP contribution is -2.14. The lowest BCUT2D eigenvalue weighted by Gasteiger charge is -2.11. The first-order valence-electron chi connectivity index (χ1n) is 6.63. The van der Waals surface area contributed by atoms with Crippen LogP contribution in [0.4, 0.5) is 5.69 Å². The van der Waals surface area contributed by atoms with Crippen molar-refractivity contribution in [2.24, 2.45) is 5.92 Å². The van der Waals surface area contributed by atoms with Gasteiger partial charge >= 0.3 is 0 Å². The van der Waals surface area contributed by atoms with Gasteiger partial charge in [0.05, 0.1) is 13.2 Å². The summed E-state index contributed by atoms with van der Waals surface area (Å²) < 4.78 is 7.20. The topological polar surface area (TPSA) is 52.0 Å². The molecule has 1 saturated heterocycles. The highest BCUT2D eigenvalue weighted by Gasteiger charge is 2.14. The first kappa shape index (κ1) is 12.2. The fraction of sp³-hybridized carbons (Fsp3) is 0.429. The van der Waals surface area contributed by atoms with E-state index in [0.717, 1.165) is 38.4 Å². The van der Waals surface area contributed by atoms with E-state index in [2.05, 4.69) is 39.7 Å². The molecule has 0 spiro atoms. The van der Waals surface area contributed by atoms with Crippen LogP contribution in [-0.2, 0) is 11.3 Å². The number of hydrogen-bond donors (Lipinski definition) is 1. The number of nitrogens with zero attached hydrogens (tertiary/aromatic N) is 3. The van der Waals surface area contributed by atoms with Gasteiger partial charge in [-0.2, -0.15) is 5.10 Å². The van der Waals surface area contributed by atoms with E-state index < -0.39 is 0 Å². The molecule has 1 aromatic heterocycles. The van der Waals surface area contributed by atoms with Gasteiger partial charge in [0.2, 0.25) is 0 Å². The monoisotopic (exact) mass is 258 g/mol. The summed E-state index contributed by atoms with van der Waals surface area (Å²) in [6.45, 7) is 3.51. The molecule has 2 aromatic rings. The second-order valence-electron chi connectivity index (χ2n) is 4.90. The molecule has 2 heterocycles. The predicted octanol–water partition coefficient (Wildman–Crippen LogP) is 1.77. The predicted molar refractivity (Wildman–Crippen MR) is 73.0 cm³/mol. The number of rotatable bonds is 5. The lowest BCUT2D eigenvalue weighted by molar-refractivity contribution is 0.187. The van der Waals surface area contributed by atoms with Gasteiger partial charge in [-0.1, -0.05) is 12.1 Å². The zero-order valence-corrected chi connectivity index (χ0v) is 10.8. The molecule has 1 aliphatic rings. The summed E-state index contributed by atoms with van der Waals surface area (Å²) in [4.78, 5) is 3.95. The average Bonchev–Trinajstić information content (AvgIpc) is 3.10. The minimum absolute atomic E-state index is 0.638. The van der Waals surface area contributed by atoms with Crippen molar-refractivity contribution < 1.29 is 4.74 Å². The van der Waals surface area contributed by atoms with E-state index in [1.807, 2.05) is 4.68 Å². The summed E-state index contributed by atoms with van der Waals surface area (Å²) in [5.41, 5.74) is 2.38. The van der Waals surface area contributed by atoms with Gasteiger partial charge < -0.3 is 10.1 Å². The van der Waals surface area contributed by atoms with Gasteiger partial charge in [0.1, 0.15) is 12.7 Å². The molecule has 5 nitrogen and oxygen atoms in total. The third kappa shape index (κ3) is 3.32. The van der Waals surface area contributed by atoms with Crippen LogP contribution in [0, 0.1) is 5.92 Å². The molecule has 0 saturated carbocycles. The van der Waals surface area contributed by atoms with Crippen LogP contribution in [0.15, 0.2) is 36.9 Å². The highest BCUT2D eigenvalue weighted by molar-refractivity contribution is 5.45. The van der Waals surface area contributed by atoms with Crippen molar-refractivity contribution in [1.82, 2.24) is 14.8 Å². The van der Waals surface area contributed by atoms with Crippen LogP contribution in [0.5, 0.6) is 0 Å². The van der Waals surface area contributed by atoms with Crippen LogP contribution in [0.2, 0.25) is 0 Å². The minimum atomic E-state index is 0.638. The van der Waals surface area contributed by atoms with E-state index in [-0.39, 0.29) is 0 Å². The second-order valence-corrected chi connectivity index (χ2v) is 4.90. The summed E-state index contributed by atoms with van der Waals surface area (Å²) in [5, 5.41) is 7.60. The first-order valence-corrected chi connectivity index (χ1v) is 6.63. The molecule has 1 fully saturated rings. The largest absolute Gasteiger partial charge is 0.385 e. The van der Waals surface area contributed by atoms with E-state index >= 15 is 0 Å². The quantitative estimate of drug-likeness (QED) is 0.888. The zero-order valence-electron chi connectivity index (χ0n) is 10.8. The molecule has 1 atom stereocenters. The molecule has 0 bridgehead atoms. The molecule has 100 valence electrons. The van der Waals surface area contributed by atoms with E-state index in [9.17, 15) is 0 Å². The maximum Gasteiger partial charge on any atom is 0.137 e. The summed E-state index contributed by atoms with van der Waals surface area (Å²) in [5.74, 6) is 0.638. The Bertz CT molecular complexity index is 506. The Morgan fingerprint density at radius 3 is 3.21 bits per heavy atom. The van der Waals surface area contributed by atoms with Crippen molar-refractivity contribution in [2.45, 2.75) is 13.0 Å². The first-order chi connectivity index (χ1) is 9.40. The van der Waals surface area contributed by atoms with Crippen molar-refractivity contribution in [3.63, 3.8) is 0 Å². The lowest BCUT2D eigenvalue weighted by atomic mass is 10.1. The number of aromatic nitrogens is 3. The SMILES string of the molecule is c1cc(Cn2cncn2)cc(NCC2CCOC2)c1. The number of anilines is 1. The van der Waals surface area contributed by atoms with E-state index in [0.29, 0.717) is 5.92 Å². The molecule has 1 N–H and O–H groups in total. The van der Waals surface area contributed by atoms with E-state index in [1.165, 1.54) is 5.56 Å². The molecule has 0 aliphatic carbocycles. The number of ether oxygens (including phenoxy) is 1. The van der Waals surface area contributed by atoms with Gasteiger partial charge in [0.25, 0.3) is 0 Å². The molecule has 0 radical (unpaired) electrons. The molecule has 0 amide bonds. The molecule has 3 rings (SSSR count). The van der Waals surface area contributed by atoms with Crippen molar-refractivity contribution in [3.05, 3.63) is 42.5 Å². The molecule has 5 heteroatoms. The van der Waals surface area contributed by atoms with Gasteiger partial charge in [-0.25, -0.2) is 9.67 Å². The van der Waals surface area contributed by atoms with Gasteiger partial charge in [0, 0.05) is 24.8 Å². The minimum Gasteiger partial charge on any atom is -0.385 e. The molecular formula is C14H18N4O. The van der Waals surface area contributed by atoms with Gasteiger partial charge in [0.15, 0.2) is 0 Å². The van der Waals surface area contributed by atoms with Crippen molar-refractivity contribution >= 4 is 5.69 Å². The molecule has 1 aromatic carbocycles. The van der Waals surface area contributed by atoms with Crippen LogP contribution in [-0.4, -0.2) is 34.5 Å². The highest BCUT2D eigenvalue weighted by atomic mass is 16.5. The van der Waals surface area contributed by atoms with Crippen molar-refractivity contribution in [2.75, 3.05) is 25.1 Å². The second kappa shape index (κ2) is 5.84. The van der Waals surface area contributed by atoms with Crippen LogP contribution in [0.3, 0.4) is 0 Å². The molecule has 19 heavy (non-hydrogen) atoms. The van der Waals surface area contributed by atoms with Crippen LogP contribution >= 0.6 is 0 Å². The Balaban J connectivity index is 1.59. The molecule has 1 unspecified atom stereocenters. The standard InChI is InChI=1S/C14H18N4O/c1-2-12(8-18-11-15-10-17-18)6-14(3-1)16-7-13-4-5-19-9-13/h1-3,6,10-11,13,16H,4-5,7-9H2. The Morgan fingerprint density at radius 2 is 2.42 bits per heavy atom. The smallest absolute Gasteiger partial charge is 0.137 e. The van der Waals surface area contributed by atoms with Crippen molar-refractivity contribution in [3.8, 4) is 0 Å². The van der Waals surface area contributed by atoms with Gasteiger partial charge in [-0.15, -0.1) is 0 Å². The Kier molecular flexibility index (Phi) is 3.74. The number of benzene rings is 1. The summed E-state index contributed by atoms with van der Waals surface area (Å²) >= 11 is 0. The third-order valence-corrected chi connectivity index (χ3v) is 3.36. The summed E-state index contributed by atoms with van der Waals surface area (Å²) in [7, 11) is 0. The maximum absolute atomic E-state index is 5.38. The Morgan fingerprint density at radius 1 is 1.42 bits per heavy atom. The summed E-state index contributed by atoms with van der Waals surface area (Å²) in [6, 6.07) is 8.43. The number of nitrogens with one attached hydrogen (secondary N) is 1. The highest BCUT2D eigenvalue weighted by Crippen LogP contribution is 2.16. The third-order valence-electron chi connectivity index (χ3n) is 3.36. The van der Waals surface area contributed by atoms with Crippen LogP contribution < -0.4 is 5.32 Å². The van der Waals surface area contributed by atoms with E-state index in [4.69, 9.17) is 4.74 Å². The van der Waals surface area contributed by atoms with Gasteiger partial charge in [-0.3, -0.25) is 0 Å². The van der Waals surface area contributed by atoms with Crippen molar-refractivity contribution in [1.29, 1.82) is 0 Å². The fourth-order valence-electron chi connectivity index (χ4n) is 2.29. The number of hydrogen-bond acceptors (Lipinski definition) is 4. The molecule has 1 aliphatic heterocycles. The zero-order chi connectivity index (χ0) is 12.9. The van der Waals surface area contributed by atoms with E-state index in [1.54, 1.807) is 12.7 Å².